The van der Waals surface area contributed by atoms with Gasteiger partial charge in [0.05, 0.1) is 6.10 Å². The molecule has 0 aliphatic rings. The quantitative estimate of drug-likeness (QED) is 0.469. The van der Waals surface area contributed by atoms with Crippen LogP contribution in [0.5, 0.6) is 0 Å². The summed E-state index contributed by atoms with van der Waals surface area (Å²) < 4.78 is 4.89. The molecule has 0 aliphatic carbocycles. The number of esters is 1. The van der Waals surface area contributed by atoms with Crippen LogP contribution < -0.4 is 10.9 Å². The van der Waals surface area contributed by atoms with E-state index in [0.717, 1.165) is 0 Å². The molecular weight excluding hydrogens is 156 g/mol. The van der Waals surface area contributed by atoms with Crippen molar-refractivity contribution in [1.82, 2.24) is 10.9 Å². The fourth-order valence-electron chi connectivity index (χ4n) is 0.632. The van der Waals surface area contributed by atoms with E-state index in [-0.39, 0.29) is 18.6 Å². The zero-order chi connectivity index (χ0) is 9.56. The van der Waals surface area contributed by atoms with Crippen LogP contribution in [0.2, 0.25) is 0 Å². The van der Waals surface area contributed by atoms with Gasteiger partial charge in [0, 0.05) is 6.04 Å². The number of hydrazine groups is 1. The van der Waals surface area contributed by atoms with Crippen LogP contribution in [0.15, 0.2) is 0 Å². The molecule has 0 bridgehead atoms. The summed E-state index contributed by atoms with van der Waals surface area (Å²) in [5, 5.41) is 0. The van der Waals surface area contributed by atoms with Crippen LogP contribution in [0, 0.1) is 0 Å². The van der Waals surface area contributed by atoms with E-state index in [9.17, 15) is 4.79 Å². The van der Waals surface area contributed by atoms with E-state index in [0.29, 0.717) is 6.04 Å². The van der Waals surface area contributed by atoms with Crippen molar-refractivity contribution < 1.29 is 9.53 Å². The highest BCUT2D eigenvalue weighted by atomic mass is 16.5. The van der Waals surface area contributed by atoms with Crippen molar-refractivity contribution in [3.05, 3.63) is 0 Å². The van der Waals surface area contributed by atoms with Gasteiger partial charge in [0.1, 0.15) is 6.54 Å². The molecule has 0 radical (unpaired) electrons. The molecule has 0 aliphatic heterocycles. The topological polar surface area (TPSA) is 50.4 Å². The molecule has 0 amide bonds. The van der Waals surface area contributed by atoms with E-state index in [1.165, 1.54) is 0 Å². The van der Waals surface area contributed by atoms with Crippen LogP contribution in [0.25, 0.3) is 0 Å². The van der Waals surface area contributed by atoms with E-state index in [4.69, 9.17) is 4.74 Å². The predicted molar refractivity (Wildman–Crippen MR) is 47.5 cm³/mol. The monoisotopic (exact) mass is 174 g/mol. The lowest BCUT2D eigenvalue weighted by molar-refractivity contribution is -0.146. The first kappa shape index (κ1) is 11.4. The Kier molecular flexibility index (Phi) is 5.66. The molecule has 0 aromatic carbocycles. The first-order valence-corrected chi connectivity index (χ1v) is 4.20. The first-order chi connectivity index (χ1) is 5.52. The predicted octanol–water partition coefficient (Wildman–Crippen LogP) is 0.441. The third-order valence-corrected chi connectivity index (χ3v) is 0.991. The molecule has 4 nitrogen and oxygen atoms in total. The molecule has 0 spiro atoms. The molecule has 4 heteroatoms. The minimum absolute atomic E-state index is 0.0432. The van der Waals surface area contributed by atoms with Crippen LogP contribution in [0.1, 0.15) is 27.7 Å². The Morgan fingerprint density at radius 3 is 2.33 bits per heavy atom. The standard InChI is InChI=1S/C8H18N2O2/c1-6(2)10-9-5-8(11)12-7(3)4/h6-7,9-10H,5H2,1-4H3. The van der Waals surface area contributed by atoms with Gasteiger partial charge in [0.2, 0.25) is 0 Å². The molecule has 0 fully saturated rings. The van der Waals surface area contributed by atoms with Crippen molar-refractivity contribution in [3.8, 4) is 0 Å². The Bertz CT molecular complexity index is 135. The van der Waals surface area contributed by atoms with E-state index in [2.05, 4.69) is 10.9 Å². The highest BCUT2D eigenvalue weighted by molar-refractivity contribution is 5.71. The number of carbonyl (C=O) groups excluding carboxylic acids is 1. The molecule has 0 heterocycles. The summed E-state index contributed by atoms with van der Waals surface area (Å²) in [4.78, 5) is 10.9. The first-order valence-electron chi connectivity index (χ1n) is 4.20. The van der Waals surface area contributed by atoms with E-state index in [1.54, 1.807) is 0 Å². The molecule has 0 saturated heterocycles. The van der Waals surface area contributed by atoms with Gasteiger partial charge in [-0.05, 0) is 27.7 Å². The van der Waals surface area contributed by atoms with Crippen molar-refractivity contribution >= 4 is 5.97 Å². The van der Waals surface area contributed by atoms with Crippen molar-refractivity contribution in [3.63, 3.8) is 0 Å². The molecule has 0 aromatic rings. The van der Waals surface area contributed by atoms with E-state index in [1.807, 2.05) is 27.7 Å². The Hall–Kier alpha value is -0.610. The second-order valence-corrected chi connectivity index (χ2v) is 3.19. The fourth-order valence-corrected chi connectivity index (χ4v) is 0.632. The normalized spacial score (nSPS) is 10.8. The van der Waals surface area contributed by atoms with Crippen molar-refractivity contribution in [2.24, 2.45) is 0 Å². The third kappa shape index (κ3) is 7.50. The van der Waals surface area contributed by atoms with Gasteiger partial charge in [-0.2, -0.15) is 0 Å². The smallest absolute Gasteiger partial charge is 0.321 e. The second kappa shape index (κ2) is 5.97. The SMILES string of the molecule is CC(C)NNCC(=O)OC(C)C. The molecular formula is C8H18N2O2. The molecule has 12 heavy (non-hydrogen) atoms. The number of ether oxygens (including phenoxy) is 1. The van der Waals surface area contributed by atoms with Crippen LogP contribution in [0.4, 0.5) is 0 Å². The van der Waals surface area contributed by atoms with Crippen LogP contribution >= 0.6 is 0 Å². The Labute approximate surface area is 73.6 Å². The zero-order valence-electron chi connectivity index (χ0n) is 8.18. The summed E-state index contributed by atoms with van der Waals surface area (Å²) in [7, 11) is 0. The number of hydrogen-bond acceptors (Lipinski definition) is 4. The van der Waals surface area contributed by atoms with Gasteiger partial charge in [-0.25, -0.2) is 5.43 Å². The van der Waals surface area contributed by atoms with E-state index < -0.39 is 0 Å². The maximum absolute atomic E-state index is 10.9. The molecule has 2 N–H and O–H groups in total. The van der Waals surface area contributed by atoms with Crippen molar-refractivity contribution in [2.45, 2.75) is 39.8 Å². The minimum atomic E-state index is -0.238. The van der Waals surface area contributed by atoms with Gasteiger partial charge in [-0.3, -0.25) is 10.2 Å². The summed E-state index contributed by atoms with van der Waals surface area (Å²) in [5.41, 5.74) is 5.66. The summed E-state index contributed by atoms with van der Waals surface area (Å²) in [5.74, 6) is -0.238. The highest BCUT2D eigenvalue weighted by Crippen LogP contribution is 1.86. The van der Waals surface area contributed by atoms with Crippen LogP contribution in [-0.2, 0) is 9.53 Å². The van der Waals surface area contributed by atoms with E-state index >= 15 is 0 Å². The number of hydrogen-bond donors (Lipinski definition) is 2. The molecule has 0 rings (SSSR count). The molecule has 0 aromatic heterocycles. The Balaban J connectivity index is 3.32. The van der Waals surface area contributed by atoms with Gasteiger partial charge in [0.15, 0.2) is 0 Å². The highest BCUT2D eigenvalue weighted by Gasteiger charge is 2.03. The van der Waals surface area contributed by atoms with Gasteiger partial charge < -0.3 is 4.74 Å². The van der Waals surface area contributed by atoms with Gasteiger partial charge in [0.25, 0.3) is 0 Å². The second-order valence-electron chi connectivity index (χ2n) is 3.19. The largest absolute Gasteiger partial charge is 0.462 e. The van der Waals surface area contributed by atoms with Gasteiger partial charge in [-0.15, -0.1) is 0 Å². The molecule has 0 atom stereocenters. The fraction of sp³-hybridized carbons (Fsp3) is 0.875. The maximum atomic E-state index is 10.9. The molecule has 0 saturated carbocycles. The average molecular weight is 174 g/mol. The number of nitrogens with one attached hydrogen (secondary N) is 2. The van der Waals surface area contributed by atoms with Crippen molar-refractivity contribution in [1.29, 1.82) is 0 Å². The van der Waals surface area contributed by atoms with Gasteiger partial charge in [-0.1, -0.05) is 0 Å². The Morgan fingerprint density at radius 1 is 1.33 bits per heavy atom. The lowest BCUT2D eigenvalue weighted by atomic mass is 10.4. The Morgan fingerprint density at radius 2 is 1.92 bits per heavy atom. The average Bonchev–Trinajstić information content (AvgIpc) is 1.84. The summed E-state index contributed by atoms with van der Waals surface area (Å²) >= 11 is 0. The summed E-state index contributed by atoms with van der Waals surface area (Å²) in [6.07, 6.45) is -0.0432. The van der Waals surface area contributed by atoms with Crippen LogP contribution in [-0.4, -0.2) is 24.7 Å². The zero-order valence-corrected chi connectivity index (χ0v) is 8.18. The number of rotatable bonds is 5. The lowest BCUT2D eigenvalue weighted by Crippen LogP contribution is -2.41. The number of carbonyl (C=O) groups is 1. The minimum Gasteiger partial charge on any atom is -0.462 e. The van der Waals surface area contributed by atoms with Gasteiger partial charge >= 0.3 is 5.97 Å². The molecule has 0 unspecified atom stereocenters. The maximum Gasteiger partial charge on any atom is 0.321 e. The van der Waals surface area contributed by atoms with Crippen molar-refractivity contribution in [2.75, 3.05) is 6.54 Å². The lowest BCUT2D eigenvalue weighted by Gasteiger charge is -2.11. The molecule has 72 valence electrons. The third-order valence-electron chi connectivity index (χ3n) is 0.991. The van der Waals surface area contributed by atoms with Crippen LogP contribution in [0.3, 0.4) is 0 Å². The summed E-state index contributed by atoms with van der Waals surface area (Å²) in [6, 6.07) is 0.317. The summed E-state index contributed by atoms with van der Waals surface area (Å²) in [6.45, 7) is 7.83.